The second-order valence-corrected chi connectivity index (χ2v) is 10.6. The van der Waals surface area contributed by atoms with E-state index in [4.69, 9.17) is 24.9 Å². The highest BCUT2D eigenvalue weighted by Crippen LogP contribution is 2.43. The lowest BCUT2D eigenvalue weighted by Crippen LogP contribution is -2.07. The number of anilines is 4. The van der Waals surface area contributed by atoms with E-state index in [1.54, 1.807) is 57.7 Å². The van der Waals surface area contributed by atoms with Gasteiger partial charge in [-0.25, -0.2) is 14.4 Å². The Balaban J connectivity index is 1.31. The first-order valence-corrected chi connectivity index (χ1v) is 14.2. The fourth-order valence-corrected chi connectivity index (χ4v) is 5.88. The Morgan fingerprint density at radius 2 is 1.71 bits per heavy atom. The molecule has 0 saturated carbocycles. The predicted octanol–water partition coefficient (Wildman–Crippen LogP) is 7.08. The lowest BCUT2D eigenvalue weighted by atomic mass is 10.1. The number of thiazole rings is 2. The molecule has 0 saturated heterocycles. The van der Waals surface area contributed by atoms with E-state index < -0.39 is 5.82 Å². The maximum atomic E-state index is 13.8. The van der Waals surface area contributed by atoms with Crippen LogP contribution in [-0.2, 0) is 4.79 Å². The van der Waals surface area contributed by atoms with Crippen molar-refractivity contribution in [3.63, 3.8) is 0 Å². The summed E-state index contributed by atoms with van der Waals surface area (Å²) >= 11 is 2.80. The molecule has 4 N–H and O–H groups in total. The minimum Gasteiger partial charge on any atom is -0.493 e. The highest BCUT2D eigenvalue weighted by molar-refractivity contribution is 7.23. The molecule has 0 spiro atoms. The molecule has 0 atom stereocenters. The highest BCUT2D eigenvalue weighted by Gasteiger charge is 2.18. The van der Waals surface area contributed by atoms with Gasteiger partial charge in [0.25, 0.3) is 0 Å². The second-order valence-electron chi connectivity index (χ2n) is 8.74. The minimum absolute atomic E-state index is 0.334. The van der Waals surface area contributed by atoms with Gasteiger partial charge in [-0.2, -0.15) is 0 Å². The number of amides is 1. The summed E-state index contributed by atoms with van der Waals surface area (Å²) in [5, 5.41) is 9.25. The van der Waals surface area contributed by atoms with Gasteiger partial charge in [-0.3, -0.25) is 4.79 Å². The van der Waals surface area contributed by atoms with Crippen molar-refractivity contribution in [2.45, 2.75) is 0 Å². The molecule has 0 bridgehead atoms. The Morgan fingerprint density at radius 3 is 2.43 bits per heavy atom. The largest absolute Gasteiger partial charge is 0.493 e. The van der Waals surface area contributed by atoms with Gasteiger partial charge in [0.1, 0.15) is 21.5 Å². The summed E-state index contributed by atoms with van der Waals surface area (Å²) in [6, 6.07) is 17.1. The van der Waals surface area contributed by atoms with Gasteiger partial charge >= 0.3 is 0 Å². The molecule has 9 nitrogen and oxygen atoms in total. The van der Waals surface area contributed by atoms with Gasteiger partial charge < -0.3 is 30.6 Å². The number of hydrogen-bond donors (Lipinski definition) is 3. The van der Waals surface area contributed by atoms with Crippen LogP contribution in [0.15, 0.2) is 72.1 Å². The number of aromatic nitrogens is 2. The molecule has 42 heavy (non-hydrogen) atoms. The van der Waals surface area contributed by atoms with Crippen molar-refractivity contribution < 1.29 is 23.4 Å². The molecule has 0 aliphatic heterocycles. The van der Waals surface area contributed by atoms with Crippen molar-refractivity contribution in [2.75, 3.05) is 37.7 Å². The van der Waals surface area contributed by atoms with Gasteiger partial charge in [0.05, 0.1) is 27.0 Å². The Morgan fingerprint density at radius 1 is 0.952 bits per heavy atom. The normalized spacial score (nSPS) is 11.0. The van der Waals surface area contributed by atoms with Crippen LogP contribution in [0.4, 0.5) is 26.7 Å². The molecule has 1 amide bonds. The van der Waals surface area contributed by atoms with Gasteiger partial charge in [-0.15, -0.1) is 11.3 Å². The monoisotopic (exact) mass is 603 g/mol. The first-order chi connectivity index (χ1) is 20.4. The fourth-order valence-electron chi connectivity index (χ4n) is 4.04. The third-order valence-electron chi connectivity index (χ3n) is 6.01. The molecule has 0 aliphatic carbocycles. The van der Waals surface area contributed by atoms with E-state index in [9.17, 15) is 9.18 Å². The molecule has 214 valence electrons. The average molecular weight is 604 g/mol. The van der Waals surface area contributed by atoms with Crippen LogP contribution in [0.5, 0.6) is 17.2 Å². The molecule has 0 aliphatic rings. The lowest BCUT2D eigenvalue weighted by molar-refractivity contribution is -0.111. The van der Waals surface area contributed by atoms with E-state index in [0.29, 0.717) is 50.1 Å². The number of ether oxygens (including phenoxy) is 3. The van der Waals surface area contributed by atoms with E-state index in [2.05, 4.69) is 15.6 Å². The molecule has 2 heterocycles. The number of carbonyl (C=O) groups is 1. The first-order valence-electron chi connectivity index (χ1n) is 12.5. The first kappa shape index (κ1) is 28.6. The van der Waals surface area contributed by atoms with Crippen LogP contribution >= 0.6 is 22.7 Å². The summed E-state index contributed by atoms with van der Waals surface area (Å²) in [5.41, 5.74) is 9.41. The molecule has 0 radical (unpaired) electrons. The third-order valence-corrected chi connectivity index (χ3v) is 8.00. The average Bonchev–Trinajstić information content (AvgIpc) is 3.63. The number of benzene rings is 3. The fraction of sp³-hybridized carbons (Fsp3) is 0.100. The molecule has 5 aromatic rings. The number of nitrogen functional groups attached to an aromatic ring is 1. The van der Waals surface area contributed by atoms with Gasteiger partial charge in [0, 0.05) is 46.1 Å². The lowest BCUT2D eigenvalue weighted by Gasteiger charge is -2.14. The number of rotatable bonds is 10. The van der Waals surface area contributed by atoms with Gasteiger partial charge in [0.2, 0.25) is 11.7 Å². The smallest absolute Gasteiger partial charge is 0.248 e. The minimum atomic E-state index is -0.395. The number of halogens is 1. The quantitative estimate of drug-likeness (QED) is 0.145. The summed E-state index contributed by atoms with van der Waals surface area (Å²) in [7, 11) is 4.65. The van der Waals surface area contributed by atoms with Crippen molar-refractivity contribution in [1.29, 1.82) is 0 Å². The number of carbonyl (C=O) groups excluding carboxylic acids is 1. The van der Waals surface area contributed by atoms with Crippen LogP contribution in [0.25, 0.3) is 27.2 Å². The standard InChI is InChI=1S/C30H26FN5O4S2/c1-38-23-14-20(15-24(39-2)26(23)40-3)34-30-36-28(32)27(42-30)29-35-22(16-41-29)18-8-6-9-19(13-18)33-25(37)12-11-17-7-4-5-10-21(17)31/h4-16H,32H2,1-3H3,(H,33,37)(H,34,36)/b12-11+. The van der Waals surface area contributed by atoms with Gasteiger partial charge in [0.15, 0.2) is 16.6 Å². The Bertz CT molecular complexity index is 1740. The molecule has 12 heteroatoms. The molecule has 3 aromatic carbocycles. The number of methoxy groups -OCH3 is 3. The molecule has 0 fully saturated rings. The highest BCUT2D eigenvalue weighted by atomic mass is 32.1. The summed E-state index contributed by atoms with van der Waals surface area (Å²) in [6.45, 7) is 0. The van der Waals surface area contributed by atoms with E-state index in [0.717, 1.165) is 16.1 Å². The van der Waals surface area contributed by atoms with E-state index >= 15 is 0 Å². The zero-order valence-corrected chi connectivity index (χ0v) is 24.4. The zero-order chi connectivity index (χ0) is 29.6. The number of hydrogen-bond acceptors (Lipinski definition) is 10. The van der Waals surface area contributed by atoms with Crippen LogP contribution < -0.4 is 30.6 Å². The summed E-state index contributed by atoms with van der Waals surface area (Å²) < 4.78 is 30.1. The Kier molecular flexibility index (Phi) is 8.65. The van der Waals surface area contributed by atoms with Crippen molar-refractivity contribution >= 4 is 57.0 Å². The van der Waals surface area contributed by atoms with E-state index in [1.807, 2.05) is 23.6 Å². The number of nitrogens with one attached hydrogen (secondary N) is 2. The topological polar surface area (TPSA) is 121 Å². The third kappa shape index (κ3) is 6.35. The van der Waals surface area contributed by atoms with Gasteiger partial charge in [-0.1, -0.05) is 41.7 Å². The molecule has 2 aromatic heterocycles. The summed E-state index contributed by atoms with van der Waals surface area (Å²) in [4.78, 5) is 22.4. The van der Waals surface area contributed by atoms with Crippen LogP contribution in [0, 0.1) is 5.82 Å². The van der Waals surface area contributed by atoms with Crippen molar-refractivity contribution in [3.8, 4) is 38.4 Å². The van der Waals surface area contributed by atoms with Crippen LogP contribution in [-0.4, -0.2) is 37.2 Å². The van der Waals surface area contributed by atoms with Crippen molar-refractivity contribution in [1.82, 2.24) is 9.97 Å². The number of nitrogens with two attached hydrogens (primary N) is 1. The maximum Gasteiger partial charge on any atom is 0.248 e. The maximum absolute atomic E-state index is 13.8. The summed E-state index contributed by atoms with van der Waals surface area (Å²) in [5.74, 6) is 1.08. The molecule has 5 rings (SSSR count). The summed E-state index contributed by atoms with van der Waals surface area (Å²) in [6.07, 6.45) is 2.73. The Hall–Kier alpha value is -4.94. The van der Waals surface area contributed by atoms with Crippen LogP contribution in [0.1, 0.15) is 5.56 Å². The Labute approximate surface area is 249 Å². The number of nitrogens with zero attached hydrogens (tertiary/aromatic N) is 2. The molecular formula is C30H26FN5O4S2. The zero-order valence-electron chi connectivity index (χ0n) is 22.8. The van der Waals surface area contributed by atoms with Crippen molar-refractivity contribution in [3.05, 3.63) is 83.5 Å². The van der Waals surface area contributed by atoms with Crippen molar-refractivity contribution in [2.24, 2.45) is 0 Å². The van der Waals surface area contributed by atoms with E-state index in [-0.39, 0.29) is 5.91 Å². The molecular weight excluding hydrogens is 577 g/mol. The second kappa shape index (κ2) is 12.7. The molecule has 0 unspecified atom stereocenters. The van der Waals surface area contributed by atoms with Crippen LogP contribution in [0.3, 0.4) is 0 Å². The van der Waals surface area contributed by atoms with Crippen LogP contribution in [0.2, 0.25) is 0 Å². The predicted molar refractivity (Wildman–Crippen MR) is 167 cm³/mol. The van der Waals surface area contributed by atoms with E-state index in [1.165, 1.54) is 40.9 Å². The van der Waals surface area contributed by atoms with Gasteiger partial charge in [-0.05, 0) is 24.3 Å². The SMILES string of the molecule is COc1cc(Nc2nc(N)c(-c3nc(-c4cccc(NC(=O)/C=C/c5ccccc5F)c4)cs3)s2)cc(OC)c1OC.